The first-order valence-corrected chi connectivity index (χ1v) is 4.21. The molecule has 1 aliphatic rings. The molecule has 0 atom stereocenters. The highest BCUT2D eigenvalue weighted by Crippen LogP contribution is 2.26. The summed E-state index contributed by atoms with van der Waals surface area (Å²) in [5, 5.41) is 0.125. The number of hydrogen-bond donors (Lipinski definition) is 0. The van der Waals surface area contributed by atoms with Gasteiger partial charge in [0.05, 0.1) is 17.2 Å². The lowest BCUT2D eigenvalue weighted by atomic mass is 10.0. The van der Waals surface area contributed by atoms with E-state index in [0.717, 1.165) is 6.07 Å². The number of carbonyl (C=O) groups is 1. The van der Waals surface area contributed by atoms with Crippen LogP contribution in [0.2, 0.25) is 5.02 Å². The largest absolute Gasteiger partial charge is 0.462 e. The Labute approximate surface area is 79.3 Å². The lowest BCUT2D eigenvalue weighted by molar-refractivity contribution is 0.0480. The molecule has 68 valence electrons. The smallest absolute Gasteiger partial charge is 0.339 e. The van der Waals surface area contributed by atoms with Gasteiger partial charge < -0.3 is 4.74 Å². The van der Waals surface area contributed by atoms with E-state index in [1.807, 2.05) is 0 Å². The molecule has 1 aromatic rings. The van der Waals surface area contributed by atoms with Crippen LogP contribution in [0, 0.1) is 5.82 Å². The molecule has 0 saturated heterocycles. The van der Waals surface area contributed by atoms with E-state index in [0.29, 0.717) is 24.2 Å². The summed E-state index contributed by atoms with van der Waals surface area (Å²) >= 11 is 5.70. The van der Waals surface area contributed by atoms with E-state index in [-0.39, 0.29) is 5.02 Å². The van der Waals surface area contributed by atoms with E-state index in [2.05, 4.69) is 0 Å². The summed E-state index contributed by atoms with van der Waals surface area (Å²) < 4.78 is 17.6. The predicted octanol–water partition coefficient (Wildman–Crippen LogP) is 2.19. The average Bonchev–Trinajstić information content (AvgIpc) is 2.02. The highest BCUT2D eigenvalue weighted by atomic mass is 35.5. The number of benzene rings is 1. The number of esters is 1. The van der Waals surface area contributed by atoms with Crippen LogP contribution in [0.5, 0.6) is 0 Å². The zero-order valence-electron chi connectivity index (χ0n) is 6.64. The van der Waals surface area contributed by atoms with Gasteiger partial charge in [0.15, 0.2) is 0 Å². The number of carbonyl (C=O) groups excluding carboxylic acids is 1. The predicted molar refractivity (Wildman–Crippen MR) is 45.4 cm³/mol. The normalized spacial score (nSPS) is 15.1. The molecule has 0 aromatic heterocycles. The molecular formula is C9H6ClFO2. The average molecular weight is 201 g/mol. The molecule has 0 aliphatic carbocycles. The van der Waals surface area contributed by atoms with Crippen LogP contribution in [0.25, 0.3) is 0 Å². The molecule has 1 aromatic carbocycles. The Morgan fingerprint density at radius 1 is 1.46 bits per heavy atom. The third-order valence-corrected chi connectivity index (χ3v) is 2.24. The van der Waals surface area contributed by atoms with E-state index < -0.39 is 11.8 Å². The van der Waals surface area contributed by atoms with Crippen LogP contribution >= 0.6 is 11.6 Å². The minimum Gasteiger partial charge on any atom is -0.462 e. The molecule has 0 radical (unpaired) electrons. The Morgan fingerprint density at radius 2 is 2.23 bits per heavy atom. The third-order valence-electron chi connectivity index (χ3n) is 1.95. The van der Waals surface area contributed by atoms with Gasteiger partial charge in [0.25, 0.3) is 0 Å². The second-order valence-corrected chi connectivity index (χ2v) is 3.21. The number of rotatable bonds is 0. The van der Waals surface area contributed by atoms with Crippen LogP contribution in [-0.2, 0) is 11.2 Å². The van der Waals surface area contributed by atoms with Gasteiger partial charge in [-0.1, -0.05) is 11.6 Å². The maximum absolute atomic E-state index is 12.8. The molecule has 0 bridgehead atoms. The standard InChI is InChI=1S/C9H6ClFO2/c10-7-4-6(11)3-5-1-2-13-9(12)8(5)7/h3-4H,1-2H2. The van der Waals surface area contributed by atoms with Crippen LogP contribution in [0.3, 0.4) is 0 Å². The molecule has 0 N–H and O–H groups in total. The van der Waals surface area contributed by atoms with Crippen molar-refractivity contribution < 1.29 is 13.9 Å². The fourth-order valence-corrected chi connectivity index (χ4v) is 1.68. The van der Waals surface area contributed by atoms with Crippen molar-refractivity contribution in [1.29, 1.82) is 0 Å². The lowest BCUT2D eigenvalue weighted by Crippen LogP contribution is -2.18. The highest BCUT2D eigenvalue weighted by Gasteiger charge is 2.22. The van der Waals surface area contributed by atoms with Crippen molar-refractivity contribution in [1.82, 2.24) is 0 Å². The van der Waals surface area contributed by atoms with Crippen molar-refractivity contribution in [3.63, 3.8) is 0 Å². The molecule has 2 nitrogen and oxygen atoms in total. The number of halogens is 2. The lowest BCUT2D eigenvalue weighted by Gasteiger charge is -2.16. The fourth-order valence-electron chi connectivity index (χ4n) is 1.38. The molecular weight excluding hydrogens is 195 g/mol. The molecule has 0 amide bonds. The van der Waals surface area contributed by atoms with Gasteiger partial charge in [-0.05, 0) is 17.7 Å². The Hall–Kier alpha value is -1.09. The van der Waals surface area contributed by atoms with E-state index in [4.69, 9.17) is 16.3 Å². The van der Waals surface area contributed by atoms with Gasteiger partial charge in [-0.2, -0.15) is 0 Å². The van der Waals surface area contributed by atoms with Gasteiger partial charge in [0.2, 0.25) is 0 Å². The first-order valence-electron chi connectivity index (χ1n) is 3.83. The summed E-state index contributed by atoms with van der Waals surface area (Å²) in [5.74, 6) is -0.885. The molecule has 0 unspecified atom stereocenters. The second kappa shape index (κ2) is 3.00. The second-order valence-electron chi connectivity index (χ2n) is 2.81. The third kappa shape index (κ3) is 1.40. The van der Waals surface area contributed by atoms with Crippen LogP contribution in [-0.4, -0.2) is 12.6 Å². The van der Waals surface area contributed by atoms with E-state index >= 15 is 0 Å². The highest BCUT2D eigenvalue weighted by molar-refractivity contribution is 6.33. The van der Waals surface area contributed by atoms with Crippen LogP contribution < -0.4 is 0 Å². The molecule has 0 spiro atoms. The minimum absolute atomic E-state index is 0.125. The van der Waals surface area contributed by atoms with Crippen LogP contribution in [0.15, 0.2) is 12.1 Å². The Balaban J connectivity index is 2.63. The molecule has 1 aliphatic heterocycles. The molecule has 13 heavy (non-hydrogen) atoms. The van der Waals surface area contributed by atoms with Crippen molar-refractivity contribution in [3.05, 3.63) is 34.1 Å². The van der Waals surface area contributed by atoms with Crippen LogP contribution in [0.1, 0.15) is 15.9 Å². The molecule has 2 rings (SSSR count). The number of fused-ring (bicyclic) bond motifs is 1. The van der Waals surface area contributed by atoms with Gasteiger partial charge >= 0.3 is 5.97 Å². The quantitative estimate of drug-likeness (QED) is 0.600. The summed E-state index contributed by atoms with van der Waals surface area (Å²) in [4.78, 5) is 11.2. The SMILES string of the molecule is O=C1OCCc2cc(F)cc(Cl)c21. The number of ether oxygens (including phenoxy) is 1. The van der Waals surface area contributed by atoms with E-state index in [1.54, 1.807) is 0 Å². The molecule has 0 fully saturated rings. The molecule has 1 heterocycles. The first kappa shape index (κ1) is 8.51. The topological polar surface area (TPSA) is 26.3 Å². The monoisotopic (exact) mass is 200 g/mol. The molecule has 4 heteroatoms. The summed E-state index contributed by atoms with van der Waals surface area (Å²) in [7, 11) is 0. The van der Waals surface area contributed by atoms with Gasteiger partial charge in [-0.25, -0.2) is 9.18 Å². The minimum atomic E-state index is -0.466. The van der Waals surface area contributed by atoms with Gasteiger partial charge in [0, 0.05) is 6.42 Å². The van der Waals surface area contributed by atoms with Crippen molar-refractivity contribution in [2.45, 2.75) is 6.42 Å². The van der Waals surface area contributed by atoms with E-state index in [1.165, 1.54) is 6.07 Å². The van der Waals surface area contributed by atoms with Gasteiger partial charge in [0.1, 0.15) is 5.82 Å². The Morgan fingerprint density at radius 3 is 3.00 bits per heavy atom. The van der Waals surface area contributed by atoms with Crippen molar-refractivity contribution in [3.8, 4) is 0 Å². The summed E-state index contributed by atoms with van der Waals surface area (Å²) in [6.45, 7) is 0.297. The zero-order valence-corrected chi connectivity index (χ0v) is 7.40. The van der Waals surface area contributed by atoms with Gasteiger partial charge in [-0.15, -0.1) is 0 Å². The first-order chi connectivity index (χ1) is 6.18. The van der Waals surface area contributed by atoms with Crippen molar-refractivity contribution in [2.75, 3.05) is 6.61 Å². The summed E-state index contributed by atoms with van der Waals surface area (Å²) in [6.07, 6.45) is 0.526. The fraction of sp³-hybridized carbons (Fsp3) is 0.222. The Bertz CT molecular complexity index is 376. The van der Waals surface area contributed by atoms with E-state index in [9.17, 15) is 9.18 Å². The number of cyclic esters (lactones) is 1. The molecule has 0 saturated carbocycles. The van der Waals surface area contributed by atoms with Crippen molar-refractivity contribution >= 4 is 17.6 Å². The summed E-state index contributed by atoms with van der Waals surface area (Å²) in [5.41, 5.74) is 0.926. The Kier molecular flexibility index (Phi) is 1.96. The van der Waals surface area contributed by atoms with Gasteiger partial charge in [-0.3, -0.25) is 0 Å². The van der Waals surface area contributed by atoms with Crippen LogP contribution in [0.4, 0.5) is 4.39 Å². The summed E-state index contributed by atoms with van der Waals surface area (Å²) in [6, 6.07) is 2.44. The maximum Gasteiger partial charge on any atom is 0.339 e. The number of hydrogen-bond acceptors (Lipinski definition) is 2. The maximum atomic E-state index is 12.8. The van der Waals surface area contributed by atoms with Crippen molar-refractivity contribution in [2.24, 2.45) is 0 Å². The zero-order chi connectivity index (χ0) is 9.42.